The van der Waals surface area contributed by atoms with E-state index in [4.69, 9.17) is 4.43 Å². The highest BCUT2D eigenvalue weighted by atomic mass is 28.3. The fourth-order valence-electron chi connectivity index (χ4n) is 1.70. The molecule has 3 heteroatoms. The number of hydrogen-bond acceptors (Lipinski definition) is 2. The van der Waals surface area contributed by atoms with E-state index in [2.05, 4.69) is 6.58 Å². The summed E-state index contributed by atoms with van der Waals surface area (Å²) in [6, 6.07) is 2.24. The van der Waals surface area contributed by atoms with Gasteiger partial charge in [0.25, 0.3) is 0 Å². The first-order valence-electron chi connectivity index (χ1n) is 5.02. The highest BCUT2D eigenvalue weighted by molar-refractivity contribution is 6.52. The van der Waals surface area contributed by atoms with Crippen LogP contribution in [0.15, 0.2) is 12.7 Å². The van der Waals surface area contributed by atoms with E-state index < -0.39 is 9.04 Å². The summed E-state index contributed by atoms with van der Waals surface area (Å²) in [5.74, 6) is 0.300. The quantitative estimate of drug-likeness (QED) is 0.509. The highest BCUT2D eigenvalue weighted by Crippen LogP contribution is 2.18. The maximum Gasteiger partial charge on any atom is 0.177 e. The minimum absolute atomic E-state index is 0.132. The Labute approximate surface area is 81.7 Å². The van der Waals surface area contributed by atoms with Gasteiger partial charge in [0.1, 0.15) is 0 Å². The van der Waals surface area contributed by atoms with Crippen molar-refractivity contribution in [2.45, 2.75) is 31.9 Å². The van der Waals surface area contributed by atoms with Crippen LogP contribution in [-0.4, -0.2) is 21.4 Å². The molecule has 0 aromatic rings. The Morgan fingerprint density at radius 3 is 3.00 bits per heavy atom. The molecule has 0 bridgehead atoms. The fraction of sp³-hybridized carbons (Fsp3) is 0.700. The lowest BCUT2D eigenvalue weighted by molar-refractivity contribution is -0.117. The number of ketones is 1. The summed E-state index contributed by atoms with van der Waals surface area (Å²) in [6.45, 7) is 6.40. The Morgan fingerprint density at radius 2 is 2.46 bits per heavy atom. The van der Waals surface area contributed by atoms with E-state index in [1.807, 2.05) is 6.92 Å². The van der Waals surface area contributed by atoms with E-state index in [0.717, 1.165) is 12.7 Å². The lowest BCUT2D eigenvalue weighted by atomic mass is 10.1. The molecule has 1 saturated heterocycles. The third-order valence-corrected chi connectivity index (χ3v) is 5.57. The predicted octanol–water partition coefficient (Wildman–Crippen LogP) is 1.91. The maximum absolute atomic E-state index is 11.2. The zero-order valence-electron chi connectivity index (χ0n) is 8.29. The van der Waals surface area contributed by atoms with Crippen molar-refractivity contribution in [1.82, 2.24) is 0 Å². The molecule has 0 N–H and O–H groups in total. The summed E-state index contributed by atoms with van der Waals surface area (Å²) in [5.41, 5.74) is 0. The predicted molar refractivity (Wildman–Crippen MR) is 56.3 cm³/mol. The first-order valence-corrected chi connectivity index (χ1v) is 7.12. The van der Waals surface area contributed by atoms with Crippen molar-refractivity contribution in [2.75, 3.05) is 6.61 Å². The highest BCUT2D eigenvalue weighted by Gasteiger charge is 2.21. The van der Waals surface area contributed by atoms with Crippen LogP contribution < -0.4 is 0 Å². The molecule has 0 amide bonds. The van der Waals surface area contributed by atoms with Crippen LogP contribution >= 0.6 is 0 Å². The van der Waals surface area contributed by atoms with Gasteiger partial charge in [0.2, 0.25) is 0 Å². The summed E-state index contributed by atoms with van der Waals surface area (Å²) < 4.78 is 5.70. The second-order valence-corrected chi connectivity index (χ2v) is 6.36. The van der Waals surface area contributed by atoms with Crippen LogP contribution in [0.2, 0.25) is 12.1 Å². The van der Waals surface area contributed by atoms with Crippen LogP contribution in [0.3, 0.4) is 0 Å². The van der Waals surface area contributed by atoms with Crippen LogP contribution in [0.5, 0.6) is 0 Å². The molecule has 0 radical (unpaired) electrons. The molecule has 2 atom stereocenters. The Hall–Kier alpha value is -0.413. The van der Waals surface area contributed by atoms with Gasteiger partial charge < -0.3 is 4.43 Å². The Balaban J connectivity index is 2.29. The van der Waals surface area contributed by atoms with Gasteiger partial charge in [-0.3, -0.25) is 4.79 Å². The van der Waals surface area contributed by atoms with Gasteiger partial charge >= 0.3 is 0 Å². The minimum atomic E-state index is -1.02. The van der Waals surface area contributed by atoms with E-state index >= 15 is 0 Å². The number of allylic oxidation sites excluding steroid dienone is 1. The molecule has 1 heterocycles. The normalized spacial score (nSPS) is 25.2. The van der Waals surface area contributed by atoms with Crippen molar-refractivity contribution < 1.29 is 9.22 Å². The molecule has 0 aliphatic carbocycles. The van der Waals surface area contributed by atoms with E-state index in [-0.39, 0.29) is 11.7 Å². The first kappa shape index (κ1) is 10.7. The molecule has 1 fully saturated rings. The van der Waals surface area contributed by atoms with Crippen molar-refractivity contribution in [1.29, 1.82) is 0 Å². The zero-order chi connectivity index (χ0) is 9.68. The fourth-order valence-corrected chi connectivity index (χ4v) is 4.51. The van der Waals surface area contributed by atoms with E-state index in [0.29, 0.717) is 0 Å². The van der Waals surface area contributed by atoms with Crippen molar-refractivity contribution in [3.05, 3.63) is 12.7 Å². The summed E-state index contributed by atoms with van der Waals surface area (Å²) in [6.07, 6.45) is 3.93. The average molecular weight is 198 g/mol. The molecule has 13 heavy (non-hydrogen) atoms. The van der Waals surface area contributed by atoms with Gasteiger partial charge in [0.05, 0.1) is 0 Å². The monoisotopic (exact) mass is 198 g/mol. The second-order valence-electron chi connectivity index (χ2n) is 3.73. The molecular formula is C10H18O2Si. The molecule has 74 valence electrons. The van der Waals surface area contributed by atoms with Gasteiger partial charge in [0, 0.05) is 12.5 Å². The van der Waals surface area contributed by atoms with Crippen LogP contribution in [-0.2, 0) is 9.22 Å². The summed E-state index contributed by atoms with van der Waals surface area (Å²) >= 11 is 0. The second kappa shape index (κ2) is 5.35. The number of carbonyl (C=O) groups excluding carboxylic acids is 1. The molecule has 0 spiro atoms. The topological polar surface area (TPSA) is 26.3 Å². The van der Waals surface area contributed by atoms with Gasteiger partial charge in [-0.1, -0.05) is 19.9 Å². The zero-order valence-corrected chi connectivity index (χ0v) is 9.45. The summed E-state index contributed by atoms with van der Waals surface area (Å²) in [5, 5.41) is 0. The molecule has 1 aliphatic rings. The number of hydrogen-bond donors (Lipinski definition) is 0. The van der Waals surface area contributed by atoms with Crippen molar-refractivity contribution in [2.24, 2.45) is 5.92 Å². The molecule has 0 saturated carbocycles. The Bertz CT molecular complexity index is 185. The standard InChI is InChI=1S/C10H18O2Si/c1-3-10(11)9(2)8-13-7-5-4-6-12-13/h3,9,13H,1,4-8H2,2H3. The lowest BCUT2D eigenvalue weighted by Gasteiger charge is -2.22. The molecule has 1 aliphatic heterocycles. The Kier molecular flexibility index (Phi) is 4.39. The van der Waals surface area contributed by atoms with Gasteiger partial charge in [-0.15, -0.1) is 0 Å². The molecule has 0 aromatic carbocycles. The third-order valence-electron chi connectivity index (χ3n) is 2.58. The largest absolute Gasteiger partial charge is 0.420 e. The summed E-state index contributed by atoms with van der Waals surface area (Å²) in [4.78, 5) is 11.2. The van der Waals surface area contributed by atoms with Crippen molar-refractivity contribution in [3.8, 4) is 0 Å². The van der Waals surface area contributed by atoms with Crippen molar-refractivity contribution in [3.63, 3.8) is 0 Å². The molecule has 1 rings (SSSR count). The number of carbonyl (C=O) groups is 1. The number of rotatable bonds is 4. The van der Waals surface area contributed by atoms with Gasteiger partial charge in [-0.05, 0) is 24.6 Å². The van der Waals surface area contributed by atoms with Crippen LogP contribution in [0.25, 0.3) is 0 Å². The average Bonchev–Trinajstić information content (AvgIpc) is 2.18. The SMILES string of the molecule is C=CC(=O)C(C)C[SiH]1CCCCO1. The van der Waals surface area contributed by atoms with Crippen LogP contribution in [0.1, 0.15) is 19.8 Å². The summed E-state index contributed by atoms with van der Waals surface area (Å²) in [7, 11) is -1.02. The molecule has 2 unspecified atom stereocenters. The molecule has 0 aromatic heterocycles. The minimum Gasteiger partial charge on any atom is -0.420 e. The smallest absolute Gasteiger partial charge is 0.177 e. The lowest BCUT2D eigenvalue weighted by Crippen LogP contribution is -2.27. The van der Waals surface area contributed by atoms with Gasteiger partial charge in [-0.2, -0.15) is 0 Å². The first-order chi connectivity index (χ1) is 6.24. The van der Waals surface area contributed by atoms with Crippen molar-refractivity contribution >= 4 is 14.8 Å². The van der Waals surface area contributed by atoms with Crippen LogP contribution in [0.4, 0.5) is 0 Å². The van der Waals surface area contributed by atoms with E-state index in [9.17, 15) is 4.79 Å². The maximum atomic E-state index is 11.2. The molecule has 2 nitrogen and oxygen atoms in total. The Morgan fingerprint density at radius 1 is 1.69 bits per heavy atom. The van der Waals surface area contributed by atoms with Crippen LogP contribution in [0, 0.1) is 5.92 Å². The van der Waals surface area contributed by atoms with Gasteiger partial charge in [0.15, 0.2) is 14.8 Å². The van der Waals surface area contributed by atoms with Gasteiger partial charge in [-0.25, -0.2) is 0 Å². The van der Waals surface area contributed by atoms with E-state index in [1.54, 1.807) is 0 Å². The van der Waals surface area contributed by atoms with E-state index in [1.165, 1.54) is 25.0 Å². The molecular weight excluding hydrogens is 180 g/mol. The third kappa shape index (κ3) is 3.44.